The summed E-state index contributed by atoms with van der Waals surface area (Å²) in [5.41, 5.74) is 1.03. The zero-order valence-corrected chi connectivity index (χ0v) is 56.0. The van der Waals surface area contributed by atoms with Crippen LogP contribution in [0.1, 0.15) is 262 Å². The first-order chi connectivity index (χ1) is 42.8. The Hall–Kier alpha value is -5.44. The summed E-state index contributed by atoms with van der Waals surface area (Å²) in [6.45, 7) is 16.4. The van der Waals surface area contributed by atoms with Crippen molar-refractivity contribution >= 4 is 58.6 Å². The molecule has 0 aromatic heterocycles. The number of hydrogen-bond acceptors (Lipinski definition) is 14. The molecule has 20 heteroatoms. The van der Waals surface area contributed by atoms with Gasteiger partial charge in [-0.15, -0.1) is 0 Å². The van der Waals surface area contributed by atoms with Gasteiger partial charge in [0.2, 0.25) is 17.7 Å². The van der Waals surface area contributed by atoms with Crippen LogP contribution in [0.5, 0.6) is 0 Å². The number of carboxylic acid groups (broad SMARTS) is 1. The molecule has 0 heterocycles. The molecule has 0 aliphatic rings. The lowest BCUT2D eigenvalue weighted by Crippen LogP contribution is -2.41. The van der Waals surface area contributed by atoms with Gasteiger partial charge in [0, 0.05) is 80.9 Å². The summed E-state index contributed by atoms with van der Waals surface area (Å²) in [4.78, 5) is 118. The Kier molecular flexibility index (Phi) is 54.2. The number of rotatable bonds is 59. The Morgan fingerprint density at radius 2 is 0.820 bits per heavy atom. The van der Waals surface area contributed by atoms with Crippen molar-refractivity contribution in [3.05, 3.63) is 35.4 Å². The zero-order chi connectivity index (χ0) is 66.1. The molecule has 1 aromatic carbocycles. The van der Waals surface area contributed by atoms with Gasteiger partial charge in [0.05, 0.1) is 33.0 Å². The summed E-state index contributed by atoms with van der Waals surface area (Å²) in [6.07, 6.45) is 28.3. The van der Waals surface area contributed by atoms with E-state index in [4.69, 9.17) is 18.9 Å². The zero-order valence-electron chi connectivity index (χ0n) is 56.0. The number of benzene rings is 1. The number of carbonyl (C=O) groups excluding carboxylic acids is 9. The second-order valence-electron chi connectivity index (χ2n) is 23.7. The summed E-state index contributed by atoms with van der Waals surface area (Å²) in [5, 5.41) is 23.3. The maximum Gasteiger partial charge on any atom is 0.326 e. The molecule has 20 nitrogen and oxygen atoms in total. The van der Waals surface area contributed by atoms with Crippen molar-refractivity contribution in [1.82, 2.24) is 26.6 Å². The Morgan fingerprint density at radius 3 is 1.26 bits per heavy atom. The number of hydrogen-bond donors (Lipinski definition) is 6. The van der Waals surface area contributed by atoms with Crippen molar-refractivity contribution < 1.29 is 72.0 Å². The van der Waals surface area contributed by atoms with E-state index in [1.54, 1.807) is 45.0 Å². The number of aliphatic carboxylic acids is 1. The predicted octanol–water partition coefficient (Wildman–Crippen LogP) is 11.0. The van der Waals surface area contributed by atoms with E-state index in [2.05, 4.69) is 33.5 Å². The van der Waals surface area contributed by atoms with Crippen LogP contribution in [0.2, 0.25) is 0 Å². The highest BCUT2D eigenvalue weighted by molar-refractivity contribution is 5.97. The van der Waals surface area contributed by atoms with Gasteiger partial charge in [-0.25, -0.2) is 4.79 Å². The van der Waals surface area contributed by atoms with E-state index in [1.807, 2.05) is 20.8 Å². The summed E-state index contributed by atoms with van der Waals surface area (Å²) >= 11 is 0. The first-order valence-corrected chi connectivity index (χ1v) is 33.9. The van der Waals surface area contributed by atoms with Gasteiger partial charge in [-0.05, 0) is 109 Å². The number of amides is 5. The van der Waals surface area contributed by atoms with Crippen molar-refractivity contribution in [2.75, 3.05) is 79.0 Å². The first-order valence-electron chi connectivity index (χ1n) is 33.9. The van der Waals surface area contributed by atoms with Crippen molar-refractivity contribution in [2.24, 2.45) is 17.8 Å². The van der Waals surface area contributed by atoms with Crippen LogP contribution in [-0.2, 0) is 57.3 Å². The topological polar surface area (TPSA) is 288 Å². The van der Waals surface area contributed by atoms with Gasteiger partial charge in [0.25, 0.3) is 11.8 Å². The van der Waals surface area contributed by atoms with Crippen LogP contribution in [0.25, 0.3) is 0 Å². The summed E-state index contributed by atoms with van der Waals surface area (Å²) < 4.78 is 21.5. The molecule has 0 saturated heterocycles. The largest absolute Gasteiger partial charge is 0.480 e. The molecule has 4 atom stereocenters. The van der Waals surface area contributed by atoms with Crippen LogP contribution in [0.3, 0.4) is 0 Å². The fraction of sp³-hybridized carbons (Fsp3) is 0.768. The van der Waals surface area contributed by atoms with Crippen molar-refractivity contribution in [3.8, 4) is 0 Å². The van der Waals surface area contributed by atoms with E-state index < -0.39 is 12.0 Å². The Labute approximate surface area is 534 Å². The van der Waals surface area contributed by atoms with E-state index in [1.165, 1.54) is 77.0 Å². The van der Waals surface area contributed by atoms with Crippen molar-refractivity contribution in [2.45, 2.75) is 247 Å². The van der Waals surface area contributed by atoms with E-state index in [0.717, 1.165) is 83.5 Å². The lowest BCUT2D eigenvalue weighted by Gasteiger charge is -2.14. The van der Waals surface area contributed by atoms with Crippen LogP contribution in [0.15, 0.2) is 24.3 Å². The lowest BCUT2D eigenvalue weighted by atomic mass is 9.95. The normalized spacial score (nSPS) is 12.3. The van der Waals surface area contributed by atoms with E-state index in [0.29, 0.717) is 56.8 Å². The summed E-state index contributed by atoms with van der Waals surface area (Å²) in [5.74, 6) is -1.45. The SMILES string of the molecule is CC(=O)C(C)CCCCNC(=O)c1ccc(C(=O)NCCCCC(C)C(C)=O)cc1.CCCCCCCCCCCCCCCCCC(=O)NC(CCC(=O)CCCOCCOCC(=O)NCCOCCOCC(=O)NCCCCC(CC)C(C)=O)C(=O)O. The number of carboxylic acids is 1. The maximum atomic E-state index is 12.3. The molecule has 89 heavy (non-hydrogen) atoms. The highest BCUT2D eigenvalue weighted by atomic mass is 16.5. The van der Waals surface area contributed by atoms with Crippen LogP contribution >= 0.6 is 0 Å². The van der Waals surface area contributed by atoms with E-state index >= 15 is 0 Å². The van der Waals surface area contributed by atoms with Crippen molar-refractivity contribution in [1.29, 1.82) is 0 Å². The summed E-state index contributed by atoms with van der Waals surface area (Å²) in [7, 11) is 0. The molecule has 510 valence electrons. The molecule has 0 spiro atoms. The predicted molar refractivity (Wildman–Crippen MR) is 349 cm³/mol. The van der Waals surface area contributed by atoms with Gasteiger partial charge in [0.15, 0.2) is 0 Å². The van der Waals surface area contributed by atoms with Crippen molar-refractivity contribution in [3.63, 3.8) is 0 Å². The minimum Gasteiger partial charge on any atom is -0.480 e. The average Bonchev–Trinajstić information content (AvgIpc) is 3.71. The van der Waals surface area contributed by atoms with Gasteiger partial charge in [-0.2, -0.15) is 0 Å². The van der Waals surface area contributed by atoms with Crippen LogP contribution in [0.4, 0.5) is 0 Å². The van der Waals surface area contributed by atoms with Crippen LogP contribution < -0.4 is 26.6 Å². The number of ketones is 4. The molecule has 0 aliphatic heterocycles. The standard InChI is InChI=1S/C45H83N3O11.C24H36N2O4/c1-4-6-7-8-9-10-11-12-13-14-15-16-17-18-19-25-42(51)48-41(45(54)55)27-26-40(50)24-22-30-56-32-34-58-37-44(53)47-29-31-57-33-35-59-36-43(52)46-28-21-20-23-39(5-2)38(3)49;1-17(19(3)27)9-5-7-15-25-23(29)21-11-13-22(14-12-21)24(30)26-16-8-6-10-18(2)20(4)28/h39,41H,4-37H2,1-3H3,(H,46,52)(H,47,53)(H,48,51)(H,54,55);11-14,17-18H,5-10,15-16H2,1-4H3,(H,25,29)(H,26,30). The summed E-state index contributed by atoms with van der Waals surface area (Å²) in [6, 6.07) is 5.52. The quantitative estimate of drug-likeness (QED) is 0.0331. The maximum absolute atomic E-state index is 12.3. The lowest BCUT2D eigenvalue weighted by molar-refractivity contribution is -0.142. The highest BCUT2D eigenvalue weighted by Gasteiger charge is 2.21. The van der Waals surface area contributed by atoms with E-state index in [9.17, 15) is 53.1 Å². The molecule has 0 fully saturated rings. The molecule has 5 amide bonds. The molecule has 4 unspecified atom stereocenters. The highest BCUT2D eigenvalue weighted by Crippen LogP contribution is 2.16. The Morgan fingerprint density at radius 1 is 0.404 bits per heavy atom. The van der Waals surface area contributed by atoms with Gasteiger partial charge in [0.1, 0.15) is 42.4 Å². The van der Waals surface area contributed by atoms with Gasteiger partial charge >= 0.3 is 5.97 Å². The van der Waals surface area contributed by atoms with Crippen LogP contribution in [0, 0.1) is 17.8 Å². The number of nitrogens with one attached hydrogen (secondary N) is 5. The monoisotopic (exact) mass is 1260 g/mol. The number of ether oxygens (including phenoxy) is 4. The molecule has 0 aliphatic carbocycles. The minimum atomic E-state index is -1.13. The Bertz CT molecular complexity index is 2030. The third-order valence-electron chi connectivity index (χ3n) is 15.7. The fourth-order valence-electron chi connectivity index (χ4n) is 9.49. The second-order valence-corrected chi connectivity index (χ2v) is 23.7. The Balaban J connectivity index is 0.00000215. The average molecular weight is 1260 g/mol. The number of Topliss-reactive ketones (excluding diaryl/α,β-unsaturated/α-hetero) is 4. The molecule has 0 radical (unpaired) electrons. The molecule has 1 rings (SSSR count). The molecule has 6 N–H and O–H groups in total. The first kappa shape index (κ1) is 83.6. The van der Waals surface area contributed by atoms with E-state index in [-0.39, 0.29) is 136 Å². The molecular formula is C69H119N5O15. The van der Waals surface area contributed by atoms with Gasteiger partial charge in [-0.1, -0.05) is 137 Å². The van der Waals surface area contributed by atoms with Gasteiger partial charge in [-0.3, -0.25) is 43.2 Å². The third kappa shape index (κ3) is 50.9. The number of unbranched alkanes of at least 4 members (excludes halogenated alkanes) is 17. The van der Waals surface area contributed by atoms with Gasteiger partial charge < -0.3 is 50.6 Å². The second kappa shape index (κ2) is 57.7. The minimum absolute atomic E-state index is 0.0546. The molecule has 0 saturated carbocycles. The third-order valence-corrected chi connectivity index (χ3v) is 15.7. The fourth-order valence-corrected chi connectivity index (χ4v) is 9.49. The molecular weight excluding hydrogens is 1140 g/mol. The number of carbonyl (C=O) groups is 10. The van der Waals surface area contributed by atoms with Crippen LogP contribution in [-0.4, -0.2) is 149 Å². The molecule has 1 aromatic rings. The smallest absolute Gasteiger partial charge is 0.326 e. The molecule has 0 bridgehead atoms.